The summed E-state index contributed by atoms with van der Waals surface area (Å²) in [7, 11) is 0.827. The normalized spacial score (nSPS) is 26.3. The van der Waals surface area contributed by atoms with Crippen molar-refractivity contribution >= 4 is 84.0 Å². The Kier molecular flexibility index (Phi) is 14.0. The molecule has 0 saturated carbocycles. The molecule has 170 valence electrons. The summed E-state index contributed by atoms with van der Waals surface area (Å²) in [6.07, 6.45) is 16.0. The molecule has 0 spiro atoms. The SMILES string of the molecule is CCCCC(CC)C[SiH]=C1C=C(Br)SC1C1SC(Br)=CC1=[SiH]CC(CC)CCCC. The quantitative estimate of drug-likeness (QED) is 0.194. The largest absolute Gasteiger partial charge is 0.109 e. The molecule has 6 heteroatoms. The van der Waals surface area contributed by atoms with E-state index in [0.717, 1.165) is 11.8 Å². The van der Waals surface area contributed by atoms with Gasteiger partial charge in [-0.15, -0.1) is 23.5 Å². The fraction of sp³-hybridized carbons (Fsp3) is 0.750. The molecule has 0 saturated heterocycles. The predicted octanol–water partition coefficient (Wildman–Crippen LogP) is 8.18. The van der Waals surface area contributed by atoms with E-state index in [1.165, 1.54) is 71.1 Å². The zero-order chi connectivity index (χ0) is 21.9. The molecule has 0 N–H and O–H groups in total. The molecule has 0 aliphatic carbocycles. The molecular formula is C24H40Br2S2Si2. The van der Waals surface area contributed by atoms with Crippen LogP contribution in [0.4, 0.5) is 0 Å². The van der Waals surface area contributed by atoms with E-state index in [0.29, 0.717) is 28.8 Å². The topological polar surface area (TPSA) is 0 Å². The van der Waals surface area contributed by atoms with Gasteiger partial charge >= 0.3 is 0 Å². The third-order valence-corrected chi connectivity index (χ3v) is 14.7. The second-order valence-electron chi connectivity index (χ2n) is 8.69. The highest BCUT2D eigenvalue weighted by Crippen LogP contribution is 2.45. The van der Waals surface area contributed by atoms with Gasteiger partial charge in [-0.05, 0) is 86.2 Å². The highest BCUT2D eigenvalue weighted by molar-refractivity contribution is 9.14. The van der Waals surface area contributed by atoms with Crippen molar-refractivity contribution in [2.24, 2.45) is 11.8 Å². The van der Waals surface area contributed by atoms with Crippen molar-refractivity contribution in [3.63, 3.8) is 0 Å². The van der Waals surface area contributed by atoms with Gasteiger partial charge in [0.25, 0.3) is 0 Å². The van der Waals surface area contributed by atoms with Gasteiger partial charge < -0.3 is 0 Å². The molecule has 0 aromatic carbocycles. The number of halogens is 2. The van der Waals surface area contributed by atoms with Gasteiger partial charge in [0, 0.05) is 10.5 Å². The zero-order valence-electron chi connectivity index (χ0n) is 19.3. The Hall–Kier alpha value is 1.31. The van der Waals surface area contributed by atoms with Crippen LogP contribution in [0.5, 0.6) is 0 Å². The third kappa shape index (κ3) is 8.92. The number of hydrogen-bond donors (Lipinski definition) is 0. The smallest absolute Gasteiger partial charge is 0.0508 e. The summed E-state index contributed by atoms with van der Waals surface area (Å²) in [5.41, 5.74) is 0. The first kappa shape index (κ1) is 27.6. The molecule has 0 aromatic heterocycles. The summed E-state index contributed by atoms with van der Waals surface area (Å²) >= 11 is 11.9. The van der Waals surface area contributed by atoms with Gasteiger partial charge in [-0.25, -0.2) is 0 Å². The monoisotopic (exact) mass is 606 g/mol. The third-order valence-electron chi connectivity index (χ3n) is 6.43. The molecule has 30 heavy (non-hydrogen) atoms. The summed E-state index contributed by atoms with van der Waals surface area (Å²) in [5.74, 6) is 1.87. The van der Waals surface area contributed by atoms with E-state index in [1.807, 2.05) is 0 Å². The van der Waals surface area contributed by atoms with Crippen molar-refractivity contribution in [3.05, 3.63) is 19.8 Å². The lowest BCUT2D eigenvalue weighted by Gasteiger charge is -2.22. The minimum absolute atomic E-state index is 0.414. The Labute approximate surface area is 215 Å². The average Bonchev–Trinajstić information content (AvgIpc) is 3.29. The van der Waals surface area contributed by atoms with Gasteiger partial charge in [0.05, 0.1) is 7.63 Å². The lowest BCUT2D eigenvalue weighted by molar-refractivity contribution is 0.491. The molecule has 2 rings (SSSR count). The van der Waals surface area contributed by atoms with Crippen LogP contribution in [0.1, 0.15) is 79.1 Å². The van der Waals surface area contributed by atoms with Gasteiger partial charge in [-0.3, -0.25) is 0 Å². The zero-order valence-corrected chi connectivity index (χ0v) is 26.4. The molecule has 2 aliphatic rings. The fourth-order valence-electron chi connectivity index (χ4n) is 4.26. The Bertz CT molecular complexity index is 602. The predicted molar refractivity (Wildman–Crippen MR) is 157 cm³/mol. The lowest BCUT2D eigenvalue weighted by Crippen LogP contribution is -2.33. The first-order chi connectivity index (χ1) is 14.5. The molecular weight excluding hydrogens is 568 g/mol. The van der Waals surface area contributed by atoms with Crippen molar-refractivity contribution < 1.29 is 0 Å². The van der Waals surface area contributed by atoms with Crippen LogP contribution in [-0.2, 0) is 0 Å². The Morgan fingerprint density at radius 3 is 1.50 bits per heavy atom. The van der Waals surface area contributed by atoms with Crippen molar-refractivity contribution in [1.82, 2.24) is 0 Å². The van der Waals surface area contributed by atoms with Crippen LogP contribution in [0.3, 0.4) is 0 Å². The highest BCUT2D eigenvalue weighted by atomic mass is 79.9. The lowest BCUT2D eigenvalue weighted by atomic mass is 10.0. The Balaban J connectivity index is 2.10. The van der Waals surface area contributed by atoms with Crippen molar-refractivity contribution in [2.75, 3.05) is 0 Å². The molecule has 0 fully saturated rings. The van der Waals surface area contributed by atoms with Gasteiger partial charge in [0.1, 0.15) is 0 Å². The van der Waals surface area contributed by atoms with E-state index in [1.54, 1.807) is 10.3 Å². The standard InChI is InChI=1S/C24H40Br2S2Si2/c1-5-9-11-17(7-3)15-29-19-13-21(25)27-23(19)24-20(14-22(26)28-24)30-16-18(8-4)12-10-6-2/h13-14,17-18,23-24,29-30H,5-12,15-16H2,1-4H3. The van der Waals surface area contributed by atoms with Gasteiger partial charge in [-0.2, -0.15) is 0 Å². The minimum atomic E-state index is 0.414. The van der Waals surface area contributed by atoms with Crippen molar-refractivity contribution in [2.45, 2.75) is 102 Å². The van der Waals surface area contributed by atoms with E-state index in [4.69, 9.17) is 0 Å². The molecule has 2 heterocycles. The second kappa shape index (κ2) is 15.3. The first-order valence-corrected chi connectivity index (χ1v) is 18.1. The molecule has 0 aromatic rings. The van der Waals surface area contributed by atoms with Crippen LogP contribution in [0, 0.1) is 11.8 Å². The summed E-state index contributed by atoms with van der Waals surface area (Å²) in [4.78, 5) is 0. The van der Waals surface area contributed by atoms with E-state index in [-0.39, 0.29) is 0 Å². The maximum atomic E-state index is 3.85. The van der Waals surface area contributed by atoms with Crippen LogP contribution in [-0.4, -0.2) is 39.1 Å². The minimum Gasteiger partial charge on any atom is -0.109 e. The van der Waals surface area contributed by atoms with Crippen LogP contribution in [0.25, 0.3) is 0 Å². The fourth-order valence-corrected chi connectivity index (χ4v) is 14.0. The van der Waals surface area contributed by atoms with E-state index in [9.17, 15) is 0 Å². The van der Waals surface area contributed by atoms with Gasteiger partial charge in [0.2, 0.25) is 0 Å². The summed E-state index contributed by atoms with van der Waals surface area (Å²) in [5, 5.41) is 4.86. The van der Waals surface area contributed by atoms with Crippen LogP contribution in [0.15, 0.2) is 19.8 Å². The van der Waals surface area contributed by atoms with Gasteiger partial charge in [0.15, 0.2) is 0 Å². The first-order valence-electron chi connectivity index (χ1n) is 12.0. The van der Waals surface area contributed by atoms with Gasteiger partial charge in [-0.1, -0.05) is 89.4 Å². The summed E-state index contributed by atoms with van der Waals surface area (Å²) in [6.45, 7) is 9.43. The molecule has 0 nitrogen and oxygen atoms in total. The highest BCUT2D eigenvalue weighted by Gasteiger charge is 2.35. The van der Waals surface area contributed by atoms with E-state index < -0.39 is 0 Å². The van der Waals surface area contributed by atoms with Crippen molar-refractivity contribution in [1.29, 1.82) is 0 Å². The average molecular weight is 609 g/mol. The molecule has 0 radical (unpaired) electrons. The maximum Gasteiger partial charge on any atom is 0.0508 e. The number of hydrogen-bond acceptors (Lipinski definition) is 2. The number of unbranched alkanes of at least 4 members (excludes halogenated alkanes) is 2. The molecule has 0 amide bonds. The maximum absolute atomic E-state index is 3.85. The number of rotatable bonds is 13. The van der Waals surface area contributed by atoms with Crippen molar-refractivity contribution in [3.8, 4) is 0 Å². The summed E-state index contributed by atoms with van der Waals surface area (Å²) in [6, 6.07) is 2.89. The molecule has 4 atom stereocenters. The van der Waals surface area contributed by atoms with E-state index >= 15 is 0 Å². The molecule has 2 aliphatic heterocycles. The molecule has 4 unspecified atom stereocenters. The van der Waals surface area contributed by atoms with Crippen LogP contribution < -0.4 is 0 Å². The van der Waals surface area contributed by atoms with Crippen LogP contribution in [0.2, 0.25) is 12.1 Å². The second-order valence-corrected chi connectivity index (χ2v) is 16.9. The Morgan fingerprint density at radius 1 is 0.767 bits per heavy atom. The Morgan fingerprint density at radius 2 is 1.17 bits per heavy atom. The summed E-state index contributed by atoms with van der Waals surface area (Å²) < 4.78 is 2.73. The van der Waals surface area contributed by atoms with E-state index in [2.05, 4.69) is 95.2 Å². The van der Waals surface area contributed by atoms with Crippen LogP contribution >= 0.6 is 55.4 Å². The number of allylic oxidation sites excluding steroid dienone is 2. The number of thioether (sulfide) groups is 2. The molecule has 0 bridgehead atoms.